The fourth-order valence-electron chi connectivity index (χ4n) is 6.84. The number of amides is 1. The number of carbonyl (C=O) groups excluding carboxylic acids is 2. The highest BCUT2D eigenvalue weighted by Gasteiger charge is 2.47. The molecule has 1 atom stereocenters. The molecule has 270 valence electrons. The maximum atomic E-state index is 12.6. The second-order valence-corrected chi connectivity index (χ2v) is 22.3. The van der Waals surface area contributed by atoms with Gasteiger partial charge in [-0.1, -0.05) is 67.5 Å². The number of hydrogen-bond acceptors (Lipinski definition) is 6. The molecule has 1 amide bonds. The van der Waals surface area contributed by atoms with E-state index in [2.05, 4.69) is 113 Å². The Morgan fingerprint density at radius 1 is 0.918 bits per heavy atom. The second-order valence-electron chi connectivity index (χ2n) is 15.8. The van der Waals surface area contributed by atoms with E-state index < -0.39 is 32.0 Å². The van der Waals surface area contributed by atoms with Crippen molar-refractivity contribution in [1.82, 2.24) is 10.3 Å². The van der Waals surface area contributed by atoms with Crippen molar-refractivity contribution in [2.45, 2.75) is 124 Å². The molecular weight excluding hydrogens is 751 g/mol. The minimum Gasteiger partial charge on any atom is -0.543 e. The number of H-pyrrole nitrogens is 1. The van der Waals surface area contributed by atoms with Crippen LogP contribution in [0.15, 0.2) is 36.4 Å². The highest BCUT2D eigenvalue weighted by Crippen LogP contribution is 2.44. The van der Waals surface area contributed by atoms with Gasteiger partial charge in [-0.2, -0.15) is 0 Å². The lowest BCUT2D eigenvalue weighted by Gasteiger charge is -2.42. The maximum absolute atomic E-state index is 12.6. The van der Waals surface area contributed by atoms with Crippen molar-refractivity contribution in [3.63, 3.8) is 0 Å². The van der Waals surface area contributed by atoms with Gasteiger partial charge in [0.2, 0.25) is 0 Å². The van der Waals surface area contributed by atoms with Crippen molar-refractivity contribution in [2.24, 2.45) is 5.41 Å². The minimum atomic E-state index is -2.37. The monoisotopic (exact) mass is 806 g/mol. The van der Waals surface area contributed by atoms with Crippen molar-refractivity contribution in [3.05, 3.63) is 51.2 Å². The van der Waals surface area contributed by atoms with Crippen LogP contribution in [-0.2, 0) is 31.9 Å². The third kappa shape index (κ3) is 10.5. The van der Waals surface area contributed by atoms with Gasteiger partial charge in [-0.3, -0.25) is 4.79 Å². The summed E-state index contributed by atoms with van der Waals surface area (Å²) in [6, 6.07) is 11.0. The van der Waals surface area contributed by atoms with Crippen molar-refractivity contribution in [3.8, 4) is 16.9 Å². The van der Waals surface area contributed by atoms with Gasteiger partial charge in [0, 0.05) is 29.7 Å². The Bertz CT molecular complexity index is 1630. The van der Waals surface area contributed by atoms with E-state index >= 15 is 0 Å². The van der Waals surface area contributed by atoms with Crippen LogP contribution >= 0.6 is 22.6 Å². The average Bonchev–Trinajstić information content (AvgIpc) is 3.26. The number of rotatable bonds is 14. The summed E-state index contributed by atoms with van der Waals surface area (Å²) in [5, 5.41) is 13.7. The number of alkyl carbamates (subject to hydrolysis) is 1. The first kappa shape index (κ1) is 40.4. The summed E-state index contributed by atoms with van der Waals surface area (Å²) < 4.78 is 18.9. The number of carboxylic acid groups (broad SMARTS) is 1. The zero-order valence-electron chi connectivity index (χ0n) is 31.2. The minimum absolute atomic E-state index is 0.0399. The number of hydrogen-bond donors (Lipinski definition) is 3. The number of halogens is 1. The Kier molecular flexibility index (Phi) is 13.1. The van der Waals surface area contributed by atoms with Gasteiger partial charge >= 0.3 is 18.0 Å². The van der Waals surface area contributed by atoms with Crippen LogP contribution in [0.5, 0.6) is 5.75 Å². The first-order chi connectivity index (χ1) is 22.5. The summed E-state index contributed by atoms with van der Waals surface area (Å²) in [7, 11) is -2.37. The second kappa shape index (κ2) is 15.9. The summed E-state index contributed by atoms with van der Waals surface area (Å²) in [5.41, 5.74) is 4.63. The molecule has 0 aliphatic carbocycles. The molecule has 0 saturated heterocycles. The van der Waals surface area contributed by atoms with Crippen molar-refractivity contribution in [1.29, 1.82) is 0 Å². The lowest BCUT2D eigenvalue weighted by Crippen LogP contribution is -2.50. The summed E-state index contributed by atoms with van der Waals surface area (Å²) in [6.07, 6.45) is -0.0497. The van der Waals surface area contributed by atoms with Crippen LogP contribution in [0.2, 0.25) is 16.6 Å². The molecule has 49 heavy (non-hydrogen) atoms. The van der Waals surface area contributed by atoms with Crippen LogP contribution in [0.4, 0.5) is 4.79 Å². The summed E-state index contributed by atoms with van der Waals surface area (Å²) in [6.45, 7) is 24.5. The zero-order valence-corrected chi connectivity index (χ0v) is 34.3. The number of nitrogens with one attached hydrogen (secondary N) is 2. The number of aromatic amines is 1. The van der Waals surface area contributed by atoms with Gasteiger partial charge in [0.1, 0.15) is 17.4 Å². The predicted molar refractivity (Wildman–Crippen MR) is 207 cm³/mol. The number of ether oxygens (including phenoxy) is 2. The lowest BCUT2D eigenvalue weighted by atomic mass is 9.86. The molecule has 0 fully saturated rings. The highest BCUT2D eigenvalue weighted by molar-refractivity contribution is 14.1. The molecule has 2 aromatic carbocycles. The van der Waals surface area contributed by atoms with Gasteiger partial charge in [-0.15, -0.1) is 0 Å². The molecule has 0 aliphatic rings. The molecule has 1 heterocycles. The van der Waals surface area contributed by atoms with Crippen molar-refractivity contribution in [2.75, 3.05) is 6.61 Å². The van der Waals surface area contributed by atoms with Crippen LogP contribution in [0.25, 0.3) is 22.0 Å². The number of carboxylic acids is 1. The summed E-state index contributed by atoms with van der Waals surface area (Å²) >= 11 is 2.32. The molecule has 1 aromatic heterocycles. The Hall–Kier alpha value is -3.06. The van der Waals surface area contributed by atoms with Gasteiger partial charge in [0.15, 0.2) is 0 Å². The molecule has 3 aromatic rings. The first-order valence-corrected chi connectivity index (χ1v) is 20.3. The standard InChI is InChI=1S/C38H55IN2O7Si/c1-22(2)49(23(3)4,24(5)6)48-29-16-26(17-33(35(43)44)41-36(45)47-37(8,9)10)15-28(18-29)27-13-14-32-30(19-27)31(34(39)40-32)20-38(11,12)21-46-25(7)42/h13-16,18-19,22-24,33,40H,17,20-21H2,1-12H3,(H,41,45)(H,43,44). The molecule has 0 bridgehead atoms. The van der Waals surface area contributed by atoms with Crippen LogP contribution in [0.1, 0.15) is 94.2 Å². The Morgan fingerprint density at radius 3 is 2.06 bits per heavy atom. The van der Waals surface area contributed by atoms with E-state index in [1.807, 2.05) is 12.1 Å². The maximum Gasteiger partial charge on any atom is 0.408 e. The van der Waals surface area contributed by atoms with E-state index in [-0.39, 0.29) is 17.8 Å². The highest BCUT2D eigenvalue weighted by atomic mass is 127. The first-order valence-electron chi connectivity index (χ1n) is 17.0. The molecule has 1 unspecified atom stereocenters. The zero-order chi connectivity index (χ0) is 37.1. The van der Waals surface area contributed by atoms with Crippen LogP contribution in [0, 0.1) is 9.12 Å². The van der Waals surface area contributed by atoms with E-state index in [1.54, 1.807) is 20.8 Å². The topological polar surface area (TPSA) is 127 Å². The molecule has 11 heteroatoms. The van der Waals surface area contributed by atoms with E-state index in [1.165, 1.54) is 6.92 Å². The van der Waals surface area contributed by atoms with Gasteiger partial charge in [-0.05, 0) is 113 Å². The van der Waals surface area contributed by atoms with Gasteiger partial charge in [-0.25, -0.2) is 9.59 Å². The Morgan fingerprint density at radius 2 is 1.53 bits per heavy atom. The summed E-state index contributed by atoms with van der Waals surface area (Å²) in [5.74, 6) is -0.755. The van der Waals surface area contributed by atoms with Crippen LogP contribution < -0.4 is 9.74 Å². The third-order valence-corrected chi connectivity index (χ3v) is 15.8. The van der Waals surface area contributed by atoms with Gasteiger partial charge < -0.3 is 29.3 Å². The van der Waals surface area contributed by atoms with Crippen molar-refractivity contribution >= 4 is 59.8 Å². The lowest BCUT2D eigenvalue weighted by molar-refractivity contribution is -0.144. The number of carbonyl (C=O) groups is 3. The van der Waals surface area contributed by atoms with Crippen LogP contribution in [0.3, 0.4) is 0 Å². The number of benzene rings is 2. The summed E-state index contributed by atoms with van der Waals surface area (Å²) in [4.78, 5) is 40.1. The van der Waals surface area contributed by atoms with E-state index in [0.29, 0.717) is 35.4 Å². The number of aliphatic carboxylic acids is 1. The average molecular weight is 807 g/mol. The Labute approximate surface area is 306 Å². The quantitative estimate of drug-likeness (QED) is 0.0842. The smallest absolute Gasteiger partial charge is 0.408 e. The molecule has 9 nitrogen and oxygen atoms in total. The van der Waals surface area contributed by atoms with Crippen LogP contribution in [-0.4, -0.2) is 54.7 Å². The normalized spacial score (nSPS) is 13.2. The number of aromatic nitrogens is 1. The fourth-order valence-corrected chi connectivity index (χ4v) is 12.8. The van der Waals surface area contributed by atoms with Crippen molar-refractivity contribution < 1.29 is 33.4 Å². The Balaban J connectivity index is 2.17. The molecule has 3 rings (SSSR count). The molecule has 0 spiro atoms. The fraction of sp³-hybridized carbons (Fsp3) is 0.553. The van der Waals surface area contributed by atoms with E-state index in [4.69, 9.17) is 13.9 Å². The largest absolute Gasteiger partial charge is 0.543 e. The number of esters is 1. The molecular formula is C38H55IN2O7Si. The molecule has 3 N–H and O–H groups in total. The predicted octanol–water partition coefficient (Wildman–Crippen LogP) is 9.65. The SMILES string of the molecule is CC(=O)OCC(C)(C)Cc1c(I)[nH]c2ccc(-c3cc(CC(NC(=O)OC(C)(C)C)C(=O)O)cc(O[Si](C(C)C)(C(C)C)C(C)C)c3)cc12. The molecule has 0 saturated carbocycles. The van der Waals surface area contributed by atoms with E-state index in [0.717, 1.165) is 36.9 Å². The van der Waals surface area contributed by atoms with Gasteiger partial charge in [0.05, 0.1) is 10.3 Å². The van der Waals surface area contributed by atoms with Gasteiger partial charge in [0.25, 0.3) is 8.32 Å². The van der Waals surface area contributed by atoms with E-state index in [9.17, 15) is 19.5 Å². The molecule has 0 aliphatic heterocycles. The molecule has 0 radical (unpaired) electrons. The number of fused-ring (bicyclic) bond motifs is 1. The third-order valence-electron chi connectivity index (χ3n) is 8.91.